The lowest BCUT2D eigenvalue weighted by Gasteiger charge is -2.11. The van der Waals surface area contributed by atoms with Gasteiger partial charge < -0.3 is 15.2 Å². The van der Waals surface area contributed by atoms with Crippen LogP contribution in [-0.2, 0) is 16.4 Å². The van der Waals surface area contributed by atoms with Crippen LogP contribution in [0.25, 0.3) is 0 Å². The molecule has 0 saturated heterocycles. The Kier molecular flexibility index (Phi) is 4.92. The number of nitrogen functional groups attached to an aromatic ring is 1. The van der Waals surface area contributed by atoms with Crippen LogP contribution in [-0.4, -0.2) is 28.2 Å². The lowest BCUT2D eigenvalue weighted by molar-refractivity contribution is 0.297. The van der Waals surface area contributed by atoms with Gasteiger partial charge in [0.2, 0.25) is 10.0 Å². The number of nitrogens with one attached hydrogen (secondary N) is 1. The smallest absolute Gasteiger partial charge is 0.240 e. The maximum Gasteiger partial charge on any atom is 0.240 e. The van der Waals surface area contributed by atoms with Crippen molar-refractivity contribution in [1.29, 1.82) is 0 Å². The highest BCUT2D eigenvalue weighted by Gasteiger charge is 2.18. The highest BCUT2D eigenvalue weighted by molar-refractivity contribution is 7.89. The summed E-state index contributed by atoms with van der Waals surface area (Å²) < 4.78 is 38.5. The number of sulfonamides is 1. The van der Waals surface area contributed by atoms with Gasteiger partial charge in [-0.15, -0.1) is 0 Å². The zero-order valence-corrected chi connectivity index (χ0v) is 14.0. The standard InChI is InChI=1S/C17H20N2O4S/c18-14-4-2-13(3-5-14)8-9-19-24(20,21)15-6-7-16-17(12-15)23-11-1-10-22-16/h2-7,12,19H,1,8-11,18H2. The van der Waals surface area contributed by atoms with Crippen molar-refractivity contribution in [3.8, 4) is 11.5 Å². The molecule has 0 spiro atoms. The predicted octanol–water partition coefficient (Wildman–Crippen LogP) is 1.95. The third kappa shape index (κ3) is 3.98. The number of nitrogens with two attached hydrogens (primary N) is 1. The van der Waals surface area contributed by atoms with Crippen LogP contribution in [0.4, 0.5) is 5.69 Å². The first kappa shape index (κ1) is 16.6. The van der Waals surface area contributed by atoms with E-state index in [9.17, 15) is 8.42 Å². The number of rotatable bonds is 5. The second kappa shape index (κ2) is 7.11. The molecule has 128 valence electrons. The summed E-state index contributed by atoms with van der Waals surface area (Å²) in [4.78, 5) is 0.170. The van der Waals surface area contributed by atoms with Crippen LogP contribution in [0.3, 0.4) is 0 Å². The molecule has 0 atom stereocenters. The summed E-state index contributed by atoms with van der Waals surface area (Å²) in [6.45, 7) is 1.39. The molecule has 6 nitrogen and oxygen atoms in total. The van der Waals surface area contributed by atoms with E-state index in [1.165, 1.54) is 12.1 Å². The topological polar surface area (TPSA) is 90.7 Å². The molecule has 0 bridgehead atoms. The second-order valence-corrected chi connectivity index (χ2v) is 7.32. The molecular formula is C17H20N2O4S. The van der Waals surface area contributed by atoms with Gasteiger partial charge in [-0.2, -0.15) is 0 Å². The zero-order chi connectivity index (χ0) is 17.0. The number of anilines is 1. The SMILES string of the molecule is Nc1ccc(CCNS(=O)(=O)c2ccc3c(c2)OCCCO3)cc1. The predicted molar refractivity (Wildman–Crippen MR) is 91.8 cm³/mol. The summed E-state index contributed by atoms with van der Waals surface area (Å²) in [5, 5.41) is 0. The molecule has 1 heterocycles. The first-order chi connectivity index (χ1) is 11.5. The van der Waals surface area contributed by atoms with E-state index in [1.54, 1.807) is 18.2 Å². The average molecular weight is 348 g/mol. The molecular weight excluding hydrogens is 328 g/mol. The van der Waals surface area contributed by atoms with Crippen molar-refractivity contribution in [2.24, 2.45) is 0 Å². The Morgan fingerprint density at radius 3 is 2.46 bits per heavy atom. The van der Waals surface area contributed by atoms with E-state index in [-0.39, 0.29) is 4.90 Å². The van der Waals surface area contributed by atoms with Crippen LogP contribution >= 0.6 is 0 Å². The van der Waals surface area contributed by atoms with Gasteiger partial charge in [-0.25, -0.2) is 13.1 Å². The van der Waals surface area contributed by atoms with E-state index in [0.29, 0.717) is 43.4 Å². The van der Waals surface area contributed by atoms with Gasteiger partial charge in [0.15, 0.2) is 11.5 Å². The van der Waals surface area contributed by atoms with Gasteiger partial charge in [0, 0.05) is 24.7 Å². The fourth-order valence-electron chi connectivity index (χ4n) is 2.41. The van der Waals surface area contributed by atoms with Gasteiger partial charge in [0.1, 0.15) is 0 Å². The van der Waals surface area contributed by atoms with Gasteiger partial charge in [-0.05, 0) is 36.2 Å². The van der Waals surface area contributed by atoms with Crippen molar-refractivity contribution in [2.75, 3.05) is 25.5 Å². The molecule has 24 heavy (non-hydrogen) atoms. The molecule has 0 fully saturated rings. The molecule has 3 N–H and O–H groups in total. The van der Waals surface area contributed by atoms with Gasteiger partial charge in [0.25, 0.3) is 0 Å². The number of ether oxygens (including phenoxy) is 2. The number of hydrogen-bond acceptors (Lipinski definition) is 5. The van der Waals surface area contributed by atoms with Crippen molar-refractivity contribution >= 4 is 15.7 Å². The van der Waals surface area contributed by atoms with Gasteiger partial charge in [0.05, 0.1) is 18.1 Å². The zero-order valence-electron chi connectivity index (χ0n) is 13.2. The summed E-state index contributed by atoms with van der Waals surface area (Å²) in [5.74, 6) is 1.04. The minimum absolute atomic E-state index is 0.170. The molecule has 2 aromatic rings. The minimum atomic E-state index is -3.59. The molecule has 7 heteroatoms. The Labute approximate surface area is 141 Å². The molecule has 0 saturated carbocycles. The van der Waals surface area contributed by atoms with E-state index in [2.05, 4.69) is 4.72 Å². The number of hydrogen-bond donors (Lipinski definition) is 2. The van der Waals surface area contributed by atoms with E-state index in [0.717, 1.165) is 12.0 Å². The van der Waals surface area contributed by atoms with Crippen molar-refractivity contribution < 1.29 is 17.9 Å². The largest absolute Gasteiger partial charge is 0.490 e. The molecule has 0 amide bonds. The van der Waals surface area contributed by atoms with E-state index in [1.807, 2.05) is 12.1 Å². The Hall–Kier alpha value is -2.25. The Balaban J connectivity index is 1.66. The summed E-state index contributed by atoms with van der Waals surface area (Å²) in [6.07, 6.45) is 1.36. The minimum Gasteiger partial charge on any atom is -0.490 e. The molecule has 0 aromatic heterocycles. The first-order valence-corrected chi connectivity index (χ1v) is 9.27. The van der Waals surface area contributed by atoms with Crippen molar-refractivity contribution in [3.05, 3.63) is 48.0 Å². The summed E-state index contributed by atoms with van der Waals surface area (Å²) >= 11 is 0. The van der Waals surface area contributed by atoms with Gasteiger partial charge in [-0.1, -0.05) is 12.1 Å². The average Bonchev–Trinajstić information content (AvgIpc) is 2.81. The van der Waals surface area contributed by atoms with Crippen LogP contribution in [0.2, 0.25) is 0 Å². The van der Waals surface area contributed by atoms with E-state index in [4.69, 9.17) is 15.2 Å². The Morgan fingerprint density at radius 2 is 1.71 bits per heavy atom. The fraction of sp³-hybridized carbons (Fsp3) is 0.294. The van der Waals surface area contributed by atoms with Crippen molar-refractivity contribution in [3.63, 3.8) is 0 Å². The second-order valence-electron chi connectivity index (χ2n) is 5.55. The van der Waals surface area contributed by atoms with E-state index < -0.39 is 10.0 Å². The van der Waals surface area contributed by atoms with Crippen LogP contribution in [0.15, 0.2) is 47.4 Å². The number of fused-ring (bicyclic) bond motifs is 1. The maximum absolute atomic E-state index is 12.4. The molecule has 2 aromatic carbocycles. The van der Waals surface area contributed by atoms with E-state index >= 15 is 0 Å². The summed E-state index contributed by atoms with van der Waals surface area (Å²) in [6, 6.07) is 12.0. The molecule has 1 aliphatic heterocycles. The van der Waals surface area contributed by atoms with Crippen LogP contribution in [0, 0.1) is 0 Å². The van der Waals surface area contributed by atoms with Crippen LogP contribution < -0.4 is 19.9 Å². The maximum atomic E-state index is 12.4. The summed E-state index contributed by atoms with van der Waals surface area (Å²) in [5.41, 5.74) is 7.34. The quantitative estimate of drug-likeness (QED) is 0.806. The lowest BCUT2D eigenvalue weighted by Crippen LogP contribution is -2.26. The van der Waals surface area contributed by atoms with Crippen molar-refractivity contribution in [1.82, 2.24) is 4.72 Å². The normalized spacial score (nSPS) is 14.2. The fourth-order valence-corrected chi connectivity index (χ4v) is 3.45. The highest BCUT2D eigenvalue weighted by atomic mass is 32.2. The third-order valence-electron chi connectivity index (χ3n) is 3.71. The monoisotopic (exact) mass is 348 g/mol. The lowest BCUT2D eigenvalue weighted by atomic mass is 10.1. The molecule has 0 aliphatic carbocycles. The van der Waals surface area contributed by atoms with Gasteiger partial charge in [-0.3, -0.25) is 0 Å². The molecule has 0 unspecified atom stereocenters. The molecule has 3 rings (SSSR count). The Bertz CT molecular complexity index is 804. The summed E-state index contributed by atoms with van der Waals surface area (Å²) in [7, 11) is -3.59. The molecule has 1 aliphatic rings. The van der Waals surface area contributed by atoms with Crippen LogP contribution in [0.5, 0.6) is 11.5 Å². The van der Waals surface area contributed by atoms with Gasteiger partial charge >= 0.3 is 0 Å². The highest BCUT2D eigenvalue weighted by Crippen LogP contribution is 2.31. The third-order valence-corrected chi connectivity index (χ3v) is 5.17. The van der Waals surface area contributed by atoms with Crippen LogP contribution in [0.1, 0.15) is 12.0 Å². The Morgan fingerprint density at radius 1 is 1.00 bits per heavy atom. The number of benzene rings is 2. The van der Waals surface area contributed by atoms with Crippen molar-refractivity contribution in [2.45, 2.75) is 17.7 Å². The first-order valence-electron chi connectivity index (χ1n) is 7.78. The molecule has 0 radical (unpaired) electrons.